The van der Waals surface area contributed by atoms with Gasteiger partial charge in [0.1, 0.15) is 0 Å². The van der Waals surface area contributed by atoms with Gasteiger partial charge >= 0.3 is 6.18 Å². The number of aryl methyl sites for hydroxylation is 1. The second kappa shape index (κ2) is 4.25. The lowest BCUT2D eigenvalue weighted by Crippen LogP contribution is -2.11. The van der Waals surface area contributed by atoms with Crippen LogP contribution in [0.15, 0.2) is 24.5 Å². The van der Waals surface area contributed by atoms with Crippen molar-refractivity contribution in [3.05, 3.63) is 35.8 Å². The van der Waals surface area contributed by atoms with E-state index in [-0.39, 0.29) is 5.69 Å². The number of hydrogen-bond donors (Lipinski definition) is 1. The quantitative estimate of drug-likeness (QED) is 0.848. The van der Waals surface area contributed by atoms with Crippen LogP contribution in [0.3, 0.4) is 0 Å². The van der Waals surface area contributed by atoms with Crippen molar-refractivity contribution in [1.29, 1.82) is 0 Å². The van der Waals surface area contributed by atoms with Gasteiger partial charge in [0.05, 0.1) is 5.69 Å². The number of nitrogens with two attached hydrogens (primary N) is 1. The molecule has 2 aromatic rings. The molecule has 0 atom stereocenters. The van der Waals surface area contributed by atoms with Crippen LogP contribution in [-0.4, -0.2) is 15.0 Å². The first-order valence-electron chi connectivity index (χ1n) is 5.00. The number of pyridine rings is 1. The molecule has 0 aliphatic heterocycles. The lowest BCUT2D eigenvalue weighted by Gasteiger charge is -2.08. The van der Waals surface area contributed by atoms with Crippen LogP contribution in [0.25, 0.3) is 11.3 Å². The van der Waals surface area contributed by atoms with E-state index in [1.165, 1.54) is 6.20 Å². The molecule has 0 spiro atoms. The highest BCUT2D eigenvalue weighted by atomic mass is 19.4. The summed E-state index contributed by atoms with van der Waals surface area (Å²) in [7, 11) is 0. The molecule has 0 radical (unpaired) electrons. The Bertz CT molecular complexity index is 581. The van der Waals surface area contributed by atoms with Gasteiger partial charge in [-0.3, -0.25) is 4.98 Å². The number of aromatic nitrogens is 3. The van der Waals surface area contributed by atoms with Gasteiger partial charge in [0.2, 0.25) is 5.95 Å². The van der Waals surface area contributed by atoms with Crippen LogP contribution >= 0.6 is 0 Å². The molecule has 94 valence electrons. The fraction of sp³-hybridized carbons (Fsp3) is 0.182. The van der Waals surface area contributed by atoms with E-state index in [9.17, 15) is 13.2 Å². The maximum Gasteiger partial charge on any atom is 0.433 e. The van der Waals surface area contributed by atoms with Crippen LogP contribution in [0, 0.1) is 6.92 Å². The molecule has 0 unspecified atom stereocenters. The molecule has 4 nitrogen and oxygen atoms in total. The van der Waals surface area contributed by atoms with Gasteiger partial charge in [-0.15, -0.1) is 0 Å². The van der Waals surface area contributed by atoms with E-state index in [0.717, 1.165) is 11.6 Å². The number of alkyl halides is 3. The number of halogens is 3. The van der Waals surface area contributed by atoms with Crippen molar-refractivity contribution in [2.75, 3.05) is 5.73 Å². The molecule has 0 amide bonds. The molecule has 0 bridgehead atoms. The van der Waals surface area contributed by atoms with E-state index >= 15 is 0 Å². The number of rotatable bonds is 1. The third-order valence-corrected chi connectivity index (χ3v) is 2.20. The molecule has 0 aromatic carbocycles. The first-order chi connectivity index (χ1) is 8.36. The molecule has 0 saturated carbocycles. The fourth-order valence-electron chi connectivity index (χ4n) is 1.45. The third-order valence-electron chi connectivity index (χ3n) is 2.20. The Morgan fingerprint density at radius 1 is 1.11 bits per heavy atom. The van der Waals surface area contributed by atoms with Gasteiger partial charge in [-0.1, -0.05) is 0 Å². The normalized spacial score (nSPS) is 11.6. The van der Waals surface area contributed by atoms with Gasteiger partial charge in [0, 0.05) is 18.0 Å². The summed E-state index contributed by atoms with van der Waals surface area (Å²) in [5.41, 5.74) is 5.61. The molecule has 2 heterocycles. The highest BCUT2D eigenvalue weighted by Gasteiger charge is 2.33. The number of nitrogens with zero attached hydrogens (tertiary/aromatic N) is 3. The zero-order valence-electron chi connectivity index (χ0n) is 9.36. The predicted molar refractivity (Wildman–Crippen MR) is 59.4 cm³/mol. The summed E-state index contributed by atoms with van der Waals surface area (Å²) >= 11 is 0. The molecule has 0 aliphatic carbocycles. The van der Waals surface area contributed by atoms with E-state index in [0.29, 0.717) is 5.56 Å². The largest absolute Gasteiger partial charge is 0.433 e. The topological polar surface area (TPSA) is 64.7 Å². The third kappa shape index (κ3) is 2.55. The van der Waals surface area contributed by atoms with Gasteiger partial charge in [-0.05, 0) is 24.6 Å². The Morgan fingerprint density at radius 2 is 1.83 bits per heavy atom. The van der Waals surface area contributed by atoms with Crippen molar-refractivity contribution in [1.82, 2.24) is 15.0 Å². The Kier molecular flexibility index (Phi) is 2.90. The zero-order chi connectivity index (χ0) is 13.3. The molecular formula is C11H9F3N4. The molecule has 18 heavy (non-hydrogen) atoms. The summed E-state index contributed by atoms with van der Waals surface area (Å²) < 4.78 is 37.7. The average Bonchev–Trinajstić information content (AvgIpc) is 2.27. The van der Waals surface area contributed by atoms with E-state index in [1.54, 1.807) is 19.2 Å². The van der Waals surface area contributed by atoms with Crippen LogP contribution in [0.5, 0.6) is 0 Å². The fourth-order valence-corrected chi connectivity index (χ4v) is 1.45. The molecule has 0 aliphatic rings. The summed E-state index contributed by atoms with van der Waals surface area (Å²) in [5, 5.41) is 0. The van der Waals surface area contributed by atoms with Crippen molar-refractivity contribution in [2.24, 2.45) is 0 Å². The Morgan fingerprint density at radius 3 is 2.44 bits per heavy atom. The summed E-state index contributed by atoms with van der Waals surface area (Å²) in [5.74, 6) is -0.415. The van der Waals surface area contributed by atoms with Crippen LogP contribution in [0.2, 0.25) is 0 Å². The van der Waals surface area contributed by atoms with Gasteiger partial charge in [0.15, 0.2) is 5.69 Å². The standard InChI is InChI=1S/C11H9F3N4/c1-6-2-7(5-16-4-6)8-3-9(11(12,13)14)18-10(15)17-8/h2-5H,1H3,(H2,15,17,18). The minimum Gasteiger partial charge on any atom is -0.368 e. The van der Waals surface area contributed by atoms with Crippen molar-refractivity contribution in [3.63, 3.8) is 0 Å². The minimum atomic E-state index is -4.55. The van der Waals surface area contributed by atoms with Gasteiger partial charge in [-0.2, -0.15) is 13.2 Å². The molecule has 7 heteroatoms. The Labute approximate surface area is 101 Å². The highest BCUT2D eigenvalue weighted by Crippen LogP contribution is 2.30. The molecular weight excluding hydrogens is 245 g/mol. The van der Waals surface area contributed by atoms with E-state index in [2.05, 4.69) is 15.0 Å². The van der Waals surface area contributed by atoms with E-state index in [4.69, 9.17) is 5.73 Å². The predicted octanol–water partition coefficient (Wildman–Crippen LogP) is 2.45. The van der Waals surface area contributed by atoms with Crippen molar-refractivity contribution < 1.29 is 13.2 Å². The summed E-state index contributed by atoms with van der Waals surface area (Å²) in [6.45, 7) is 1.78. The first kappa shape index (κ1) is 12.3. The highest BCUT2D eigenvalue weighted by molar-refractivity contribution is 5.60. The molecule has 2 rings (SSSR count). The van der Waals surface area contributed by atoms with Crippen molar-refractivity contribution >= 4 is 5.95 Å². The van der Waals surface area contributed by atoms with E-state index in [1.807, 2.05) is 0 Å². The van der Waals surface area contributed by atoms with Gasteiger partial charge in [-0.25, -0.2) is 9.97 Å². The number of hydrogen-bond acceptors (Lipinski definition) is 4. The van der Waals surface area contributed by atoms with Crippen LogP contribution in [0.4, 0.5) is 19.1 Å². The second-order valence-corrected chi connectivity index (χ2v) is 3.75. The van der Waals surface area contributed by atoms with Crippen molar-refractivity contribution in [2.45, 2.75) is 13.1 Å². The lowest BCUT2D eigenvalue weighted by molar-refractivity contribution is -0.141. The summed E-state index contributed by atoms with van der Waals surface area (Å²) in [4.78, 5) is 10.9. The maximum atomic E-state index is 12.6. The van der Waals surface area contributed by atoms with E-state index < -0.39 is 17.8 Å². The van der Waals surface area contributed by atoms with Crippen LogP contribution in [-0.2, 0) is 6.18 Å². The maximum absolute atomic E-state index is 12.6. The second-order valence-electron chi connectivity index (χ2n) is 3.75. The average molecular weight is 254 g/mol. The van der Waals surface area contributed by atoms with Gasteiger partial charge in [0.25, 0.3) is 0 Å². The Hall–Kier alpha value is -2.18. The number of nitrogen functional groups attached to an aromatic ring is 1. The minimum absolute atomic E-state index is 0.103. The zero-order valence-corrected chi connectivity index (χ0v) is 9.36. The molecule has 2 aromatic heterocycles. The SMILES string of the molecule is Cc1cncc(-c2cc(C(F)(F)F)nc(N)n2)c1. The Balaban J connectivity index is 2.55. The number of anilines is 1. The van der Waals surface area contributed by atoms with Crippen LogP contribution in [0.1, 0.15) is 11.3 Å². The monoisotopic (exact) mass is 254 g/mol. The lowest BCUT2D eigenvalue weighted by atomic mass is 10.1. The molecule has 0 saturated heterocycles. The molecule has 0 fully saturated rings. The van der Waals surface area contributed by atoms with Crippen LogP contribution < -0.4 is 5.73 Å². The smallest absolute Gasteiger partial charge is 0.368 e. The summed E-state index contributed by atoms with van der Waals surface area (Å²) in [6.07, 6.45) is -1.53. The van der Waals surface area contributed by atoms with Gasteiger partial charge < -0.3 is 5.73 Å². The first-order valence-corrected chi connectivity index (χ1v) is 5.00. The van der Waals surface area contributed by atoms with Crippen molar-refractivity contribution in [3.8, 4) is 11.3 Å². The molecule has 2 N–H and O–H groups in total. The summed E-state index contributed by atoms with van der Waals surface area (Å²) in [6, 6.07) is 2.53.